The topological polar surface area (TPSA) is 108 Å². The van der Waals surface area contributed by atoms with Gasteiger partial charge in [0.2, 0.25) is 17.7 Å². The van der Waals surface area contributed by atoms with Crippen molar-refractivity contribution >= 4 is 40.7 Å². The number of amides is 3. The molecule has 0 aliphatic carbocycles. The summed E-state index contributed by atoms with van der Waals surface area (Å²) in [4.78, 5) is 43.3. The van der Waals surface area contributed by atoms with Crippen molar-refractivity contribution in [3.63, 3.8) is 0 Å². The normalized spacial score (nSPS) is 29.2. The van der Waals surface area contributed by atoms with Crippen molar-refractivity contribution in [3.8, 4) is 0 Å². The number of hydrogen-bond acceptors (Lipinski definition) is 5. The zero-order valence-electron chi connectivity index (χ0n) is 21.8. The van der Waals surface area contributed by atoms with Crippen molar-refractivity contribution in [1.29, 1.82) is 0 Å². The number of anilines is 2. The molecule has 5 rings (SSSR count). The fraction of sp³-hybridized carbons (Fsp3) is 0.483. The Kier molecular flexibility index (Phi) is 7.24. The Morgan fingerprint density at radius 2 is 1.89 bits per heavy atom. The summed E-state index contributed by atoms with van der Waals surface area (Å²) in [5, 5.41) is 16.7. The van der Waals surface area contributed by atoms with Gasteiger partial charge in [0.05, 0.1) is 41.3 Å². The van der Waals surface area contributed by atoms with Gasteiger partial charge in [0.1, 0.15) is 11.6 Å². The standard InChI is InChI=1S/C29H34ClN3O5/c1-4-16(2)20(15-34)33-25(27(36)32-24-17(3)9-8-12-19(24)30)29-14-13-21(38-29)22(23(29)28(33)37)26(35)31-18-10-6-5-7-11-18/h5-12,16,20-23,25,34H,4,13-15H2,1-3H3,(H,31,35)(H,32,36)/t16-,20-,21+,22-,23-,25?,29?/m0/s1. The van der Waals surface area contributed by atoms with Crippen molar-refractivity contribution in [2.45, 2.75) is 63.8 Å². The fourth-order valence-corrected chi connectivity index (χ4v) is 6.86. The number of rotatable bonds is 8. The van der Waals surface area contributed by atoms with E-state index in [9.17, 15) is 19.5 Å². The Bertz CT molecular complexity index is 1220. The molecule has 2 bridgehead atoms. The number of para-hydroxylation sites is 2. The molecule has 202 valence electrons. The average Bonchev–Trinajstić information content (AvgIpc) is 3.55. The molecule has 1 spiro atoms. The molecule has 8 nitrogen and oxygen atoms in total. The molecule has 9 heteroatoms. The summed E-state index contributed by atoms with van der Waals surface area (Å²) in [7, 11) is 0. The Labute approximate surface area is 227 Å². The zero-order chi connectivity index (χ0) is 27.2. The number of halogens is 1. The summed E-state index contributed by atoms with van der Waals surface area (Å²) in [6.45, 7) is 5.47. The van der Waals surface area contributed by atoms with Crippen molar-refractivity contribution in [2.24, 2.45) is 17.8 Å². The molecule has 3 saturated heterocycles. The molecule has 3 amide bonds. The number of nitrogens with one attached hydrogen (secondary N) is 2. The van der Waals surface area contributed by atoms with Crippen molar-refractivity contribution in [3.05, 3.63) is 59.1 Å². The van der Waals surface area contributed by atoms with E-state index in [-0.39, 0.29) is 24.3 Å². The molecule has 3 heterocycles. The van der Waals surface area contributed by atoms with Crippen LogP contribution in [0.4, 0.5) is 11.4 Å². The van der Waals surface area contributed by atoms with Crippen LogP contribution < -0.4 is 10.6 Å². The van der Waals surface area contributed by atoms with Crippen LogP contribution in [0.1, 0.15) is 38.7 Å². The highest BCUT2D eigenvalue weighted by Crippen LogP contribution is 2.59. The SMILES string of the molecule is CC[C@H](C)[C@H](CO)N1C(=O)[C@@H]2[C@@H](C(=O)Nc3ccccc3)[C@H]3CCC2(O3)C1C(=O)Nc1c(C)cccc1Cl. The molecule has 0 saturated carbocycles. The summed E-state index contributed by atoms with van der Waals surface area (Å²) in [5.74, 6) is -2.70. The summed E-state index contributed by atoms with van der Waals surface area (Å²) in [6.07, 6.45) is 1.26. The number of aliphatic hydroxyl groups excluding tert-OH is 1. The lowest BCUT2D eigenvalue weighted by atomic mass is 9.70. The predicted molar refractivity (Wildman–Crippen MR) is 145 cm³/mol. The second-order valence-electron chi connectivity index (χ2n) is 10.7. The number of aryl methyl sites for hydroxylation is 1. The number of likely N-dealkylation sites (tertiary alicyclic amines) is 1. The van der Waals surface area contributed by atoms with Crippen LogP contribution in [0, 0.1) is 24.7 Å². The maximum absolute atomic E-state index is 14.2. The van der Waals surface area contributed by atoms with Crippen LogP contribution in [0.2, 0.25) is 5.02 Å². The minimum Gasteiger partial charge on any atom is -0.394 e. The lowest BCUT2D eigenvalue weighted by molar-refractivity contribution is -0.144. The van der Waals surface area contributed by atoms with E-state index in [0.29, 0.717) is 35.7 Å². The third-order valence-electron chi connectivity index (χ3n) is 8.65. The van der Waals surface area contributed by atoms with Crippen LogP contribution in [0.15, 0.2) is 48.5 Å². The number of fused-ring (bicyclic) bond motifs is 1. The Morgan fingerprint density at radius 3 is 2.55 bits per heavy atom. The van der Waals surface area contributed by atoms with Crippen LogP contribution in [-0.2, 0) is 19.1 Å². The zero-order valence-corrected chi connectivity index (χ0v) is 22.6. The van der Waals surface area contributed by atoms with Crippen LogP contribution >= 0.6 is 11.6 Å². The quantitative estimate of drug-likeness (QED) is 0.470. The van der Waals surface area contributed by atoms with E-state index < -0.39 is 41.5 Å². The minimum absolute atomic E-state index is 0.0784. The molecule has 3 aliphatic heterocycles. The lowest BCUT2D eigenvalue weighted by Gasteiger charge is -2.38. The number of aliphatic hydroxyl groups is 1. The summed E-state index contributed by atoms with van der Waals surface area (Å²) < 4.78 is 6.50. The van der Waals surface area contributed by atoms with Gasteiger partial charge in [0.25, 0.3) is 0 Å². The molecule has 0 radical (unpaired) electrons. The van der Waals surface area contributed by atoms with Crippen molar-refractivity contribution in [1.82, 2.24) is 4.90 Å². The lowest BCUT2D eigenvalue weighted by Crippen LogP contribution is -2.57. The minimum atomic E-state index is -1.17. The highest BCUT2D eigenvalue weighted by molar-refractivity contribution is 6.34. The second kappa shape index (κ2) is 10.3. The van der Waals surface area contributed by atoms with Gasteiger partial charge < -0.3 is 25.4 Å². The number of carbonyl (C=O) groups excluding carboxylic acids is 3. The van der Waals surface area contributed by atoms with Gasteiger partial charge in [0, 0.05) is 5.69 Å². The molecular weight excluding hydrogens is 506 g/mol. The second-order valence-corrected chi connectivity index (χ2v) is 11.1. The van der Waals surface area contributed by atoms with Crippen molar-refractivity contribution in [2.75, 3.05) is 17.2 Å². The monoisotopic (exact) mass is 539 g/mol. The van der Waals surface area contributed by atoms with Crippen molar-refractivity contribution < 1.29 is 24.2 Å². The molecular formula is C29H34ClN3O5. The molecule has 3 aliphatic rings. The third-order valence-corrected chi connectivity index (χ3v) is 8.96. The van der Waals surface area contributed by atoms with Gasteiger partial charge in [-0.1, -0.05) is 62.2 Å². The number of carbonyl (C=O) groups is 3. The van der Waals surface area contributed by atoms with Crippen LogP contribution in [0.3, 0.4) is 0 Å². The number of ether oxygens (including phenoxy) is 1. The van der Waals surface area contributed by atoms with E-state index >= 15 is 0 Å². The maximum atomic E-state index is 14.2. The predicted octanol–water partition coefficient (Wildman–Crippen LogP) is 4.01. The molecule has 38 heavy (non-hydrogen) atoms. The van der Waals surface area contributed by atoms with Gasteiger partial charge in [-0.05, 0) is 49.4 Å². The van der Waals surface area contributed by atoms with E-state index in [4.69, 9.17) is 16.3 Å². The molecule has 7 atom stereocenters. The average molecular weight is 540 g/mol. The highest BCUT2D eigenvalue weighted by atomic mass is 35.5. The van der Waals surface area contributed by atoms with Gasteiger partial charge in [-0.15, -0.1) is 0 Å². The summed E-state index contributed by atoms with van der Waals surface area (Å²) in [5.41, 5.74) is 0.725. The third kappa shape index (κ3) is 4.19. The van der Waals surface area contributed by atoms with E-state index in [0.717, 1.165) is 5.56 Å². The van der Waals surface area contributed by atoms with Crippen LogP contribution in [0.5, 0.6) is 0 Å². The van der Waals surface area contributed by atoms with Crippen LogP contribution in [-0.4, -0.2) is 58.1 Å². The van der Waals surface area contributed by atoms with E-state index in [1.165, 1.54) is 4.90 Å². The first-order valence-electron chi connectivity index (χ1n) is 13.3. The molecule has 3 N–H and O–H groups in total. The maximum Gasteiger partial charge on any atom is 0.250 e. The summed E-state index contributed by atoms with van der Waals surface area (Å²) in [6, 6.07) is 12.8. The smallest absolute Gasteiger partial charge is 0.250 e. The van der Waals surface area contributed by atoms with E-state index in [1.54, 1.807) is 24.3 Å². The van der Waals surface area contributed by atoms with Gasteiger partial charge >= 0.3 is 0 Å². The molecule has 2 aromatic carbocycles. The molecule has 2 unspecified atom stereocenters. The first-order valence-corrected chi connectivity index (χ1v) is 13.6. The first-order chi connectivity index (χ1) is 18.2. The molecule has 3 fully saturated rings. The van der Waals surface area contributed by atoms with Gasteiger partial charge in [-0.25, -0.2) is 0 Å². The van der Waals surface area contributed by atoms with Gasteiger partial charge in [-0.3, -0.25) is 14.4 Å². The largest absolute Gasteiger partial charge is 0.394 e. The Morgan fingerprint density at radius 1 is 1.16 bits per heavy atom. The number of nitrogens with zero attached hydrogens (tertiary/aromatic N) is 1. The Balaban J connectivity index is 1.54. The van der Waals surface area contributed by atoms with E-state index in [1.807, 2.05) is 45.0 Å². The Hall–Kier alpha value is -2.94. The highest BCUT2D eigenvalue weighted by Gasteiger charge is 2.75. The van der Waals surface area contributed by atoms with Gasteiger partial charge in [0.15, 0.2) is 0 Å². The number of hydrogen-bond donors (Lipinski definition) is 3. The summed E-state index contributed by atoms with van der Waals surface area (Å²) >= 11 is 6.42. The van der Waals surface area contributed by atoms with Crippen LogP contribution in [0.25, 0.3) is 0 Å². The van der Waals surface area contributed by atoms with E-state index in [2.05, 4.69) is 10.6 Å². The molecule has 0 aromatic heterocycles. The fourth-order valence-electron chi connectivity index (χ4n) is 6.59. The number of benzene rings is 2. The first kappa shape index (κ1) is 26.7. The van der Waals surface area contributed by atoms with Gasteiger partial charge in [-0.2, -0.15) is 0 Å². The molecule has 2 aromatic rings.